The molecule has 0 spiro atoms. The quantitative estimate of drug-likeness (QED) is 0.825. The smallest absolute Gasteiger partial charge is 0.222 e. The Balaban J connectivity index is 1.82. The van der Waals surface area contributed by atoms with E-state index in [1.807, 2.05) is 29.2 Å². The van der Waals surface area contributed by atoms with E-state index in [1.165, 1.54) is 0 Å². The molecule has 4 nitrogen and oxygen atoms in total. The first-order valence-corrected chi connectivity index (χ1v) is 6.99. The molecule has 1 fully saturated rings. The zero-order chi connectivity index (χ0) is 13.7. The van der Waals surface area contributed by atoms with Crippen molar-refractivity contribution < 1.29 is 4.79 Å². The molecule has 102 valence electrons. The Bertz CT molecular complexity index is 452. The first kappa shape index (κ1) is 13.8. The number of likely N-dealkylation sites (tertiary alicyclic amines) is 1. The van der Waals surface area contributed by atoms with Crippen LogP contribution in [-0.4, -0.2) is 29.0 Å². The molecular weight excluding hydrogens is 258 g/mol. The van der Waals surface area contributed by atoms with Gasteiger partial charge in [-0.15, -0.1) is 0 Å². The van der Waals surface area contributed by atoms with E-state index in [1.54, 1.807) is 0 Å². The van der Waals surface area contributed by atoms with Gasteiger partial charge in [0.05, 0.1) is 0 Å². The number of aryl methyl sites for hydroxylation is 1. The molecule has 1 heterocycles. The van der Waals surface area contributed by atoms with E-state index in [-0.39, 0.29) is 11.0 Å². The molecule has 0 saturated carbocycles. The molecule has 3 N–H and O–H groups in total. The number of hydrogen-bond donors (Lipinski definition) is 2. The fraction of sp³-hybridized carbons (Fsp3) is 0.429. The van der Waals surface area contributed by atoms with E-state index in [2.05, 4.69) is 5.32 Å². The highest BCUT2D eigenvalue weighted by Crippen LogP contribution is 2.13. The monoisotopic (exact) mass is 277 g/mol. The van der Waals surface area contributed by atoms with E-state index >= 15 is 0 Å². The molecule has 1 aromatic carbocycles. The van der Waals surface area contributed by atoms with Crippen molar-refractivity contribution in [2.45, 2.75) is 25.7 Å². The molecule has 5 heteroatoms. The average molecular weight is 277 g/mol. The Kier molecular flexibility index (Phi) is 4.74. The summed E-state index contributed by atoms with van der Waals surface area (Å²) in [6.45, 7) is 1.85. The Hall–Kier alpha value is -1.62. The van der Waals surface area contributed by atoms with Crippen LogP contribution in [0.25, 0.3) is 0 Å². The minimum Gasteiger partial charge on any atom is -0.376 e. The van der Waals surface area contributed by atoms with Gasteiger partial charge in [0.1, 0.15) is 0 Å². The van der Waals surface area contributed by atoms with Gasteiger partial charge in [-0.2, -0.15) is 0 Å². The van der Waals surface area contributed by atoms with Gasteiger partial charge in [-0.3, -0.25) is 4.79 Å². The van der Waals surface area contributed by atoms with Gasteiger partial charge in [0, 0.05) is 25.2 Å². The third-order valence-electron chi connectivity index (χ3n) is 3.31. The van der Waals surface area contributed by atoms with Crippen molar-refractivity contribution in [2.75, 3.05) is 18.4 Å². The molecule has 19 heavy (non-hydrogen) atoms. The number of carbonyl (C=O) groups is 1. The molecule has 1 aromatic rings. The summed E-state index contributed by atoms with van der Waals surface area (Å²) in [6.07, 6.45) is 3.65. The van der Waals surface area contributed by atoms with Crippen molar-refractivity contribution in [3.63, 3.8) is 0 Å². The van der Waals surface area contributed by atoms with Gasteiger partial charge < -0.3 is 16.0 Å². The van der Waals surface area contributed by atoms with Crippen LogP contribution in [0.2, 0.25) is 0 Å². The number of carbonyl (C=O) groups excluding carboxylic acids is 1. The molecule has 0 unspecified atom stereocenters. The summed E-state index contributed by atoms with van der Waals surface area (Å²) in [5.74, 6) is 0.267. The highest BCUT2D eigenvalue weighted by molar-refractivity contribution is 7.80. The fourth-order valence-corrected chi connectivity index (χ4v) is 2.39. The van der Waals surface area contributed by atoms with Crippen LogP contribution in [-0.2, 0) is 11.2 Å². The van der Waals surface area contributed by atoms with Crippen LogP contribution >= 0.6 is 12.2 Å². The topological polar surface area (TPSA) is 58.4 Å². The van der Waals surface area contributed by atoms with Crippen LogP contribution in [0, 0.1) is 0 Å². The highest BCUT2D eigenvalue weighted by Gasteiger charge is 2.17. The molecule has 1 amide bonds. The third kappa shape index (κ3) is 4.21. The van der Waals surface area contributed by atoms with Crippen molar-refractivity contribution in [3.8, 4) is 0 Å². The van der Waals surface area contributed by atoms with Crippen LogP contribution in [0.15, 0.2) is 24.3 Å². The number of nitrogens with zero attached hydrogens (tertiary/aromatic N) is 1. The zero-order valence-electron chi connectivity index (χ0n) is 10.9. The number of benzene rings is 1. The summed E-state index contributed by atoms with van der Waals surface area (Å²) < 4.78 is 0. The van der Waals surface area contributed by atoms with E-state index < -0.39 is 0 Å². The van der Waals surface area contributed by atoms with E-state index in [0.717, 1.165) is 43.6 Å². The second kappa shape index (κ2) is 6.52. The number of nitrogens with one attached hydrogen (secondary N) is 1. The largest absolute Gasteiger partial charge is 0.376 e. The second-order valence-corrected chi connectivity index (χ2v) is 5.21. The predicted octanol–water partition coefficient (Wildman–Crippen LogP) is 1.90. The van der Waals surface area contributed by atoms with Gasteiger partial charge >= 0.3 is 0 Å². The molecule has 0 atom stereocenters. The molecule has 1 aliphatic rings. The van der Waals surface area contributed by atoms with Crippen LogP contribution < -0.4 is 11.1 Å². The average Bonchev–Trinajstić information content (AvgIpc) is 2.91. The van der Waals surface area contributed by atoms with E-state index in [0.29, 0.717) is 6.42 Å². The van der Waals surface area contributed by atoms with Crippen molar-refractivity contribution in [1.29, 1.82) is 0 Å². The van der Waals surface area contributed by atoms with E-state index in [4.69, 9.17) is 18.0 Å². The summed E-state index contributed by atoms with van der Waals surface area (Å²) in [7, 11) is 0. The van der Waals surface area contributed by atoms with Crippen molar-refractivity contribution in [1.82, 2.24) is 4.90 Å². The lowest BCUT2D eigenvalue weighted by molar-refractivity contribution is -0.130. The first-order chi connectivity index (χ1) is 9.15. The zero-order valence-corrected chi connectivity index (χ0v) is 11.7. The number of thiocarbonyl (C=S) groups is 1. The van der Waals surface area contributed by atoms with E-state index in [9.17, 15) is 4.79 Å². The van der Waals surface area contributed by atoms with Crippen molar-refractivity contribution in [2.24, 2.45) is 5.73 Å². The Morgan fingerprint density at radius 1 is 1.26 bits per heavy atom. The standard InChI is InChI=1S/C14H19N3OS/c15-14(19)16-12-6-3-11(4-7-12)5-8-13(18)17-9-1-2-10-17/h3-4,6-7H,1-2,5,8-10H2,(H3,15,16,19). The van der Waals surface area contributed by atoms with Crippen LogP contribution in [0.5, 0.6) is 0 Å². The SMILES string of the molecule is NC(=S)Nc1ccc(CCC(=O)N2CCCC2)cc1. The summed E-state index contributed by atoms with van der Waals surface area (Å²) >= 11 is 4.77. The lowest BCUT2D eigenvalue weighted by Gasteiger charge is -2.15. The lowest BCUT2D eigenvalue weighted by atomic mass is 10.1. The van der Waals surface area contributed by atoms with Crippen LogP contribution in [0.4, 0.5) is 5.69 Å². The molecule has 1 saturated heterocycles. The maximum absolute atomic E-state index is 11.9. The van der Waals surface area contributed by atoms with Crippen LogP contribution in [0.3, 0.4) is 0 Å². The lowest BCUT2D eigenvalue weighted by Crippen LogP contribution is -2.27. The normalized spacial score (nSPS) is 14.4. The van der Waals surface area contributed by atoms with Gasteiger partial charge in [-0.25, -0.2) is 0 Å². The molecule has 0 radical (unpaired) electrons. The molecule has 2 rings (SSSR count). The van der Waals surface area contributed by atoms with Gasteiger partial charge in [0.15, 0.2) is 5.11 Å². The van der Waals surface area contributed by atoms with Gasteiger partial charge in [-0.05, 0) is 49.2 Å². The van der Waals surface area contributed by atoms with Crippen molar-refractivity contribution in [3.05, 3.63) is 29.8 Å². The minimum absolute atomic E-state index is 0.261. The number of hydrogen-bond acceptors (Lipinski definition) is 2. The van der Waals surface area contributed by atoms with Gasteiger partial charge in [0.2, 0.25) is 5.91 Å². The summed E-state index contributed by atoms with van der Waals surface area (Å²) in [5.41, 5.74) is 7.43. The maximum atomic E-state index is 11.9. The molecule has 0 bridgehead atoms. The first-order valence-electron chi connectivity index (χ1n) is 6.58. The van der Waals surface area contributed by atoms with Crippen molar-refractivity contribution >= 4 is 28.9 Å². The number of amides is 1. The summed E-state index contributed by atoms with van der Waals surface area (Å²) in [4.78, 5) is 13.9. The molecule has 1 aliphatic heterocycles. The second-order valence-electron chi connectivity index (χ2n) is 4.77. The Morgan fingerprint density at radius 2 is 1.89 bits per heavy atom. The maximum Gasteiger partial charge on any atom is 0.222 e. The minimum atomic E-state index is 0.261. The number of nitrogens with two attached hydrogens (primary N) is 1. The Labute approximate surface area is 119 Å². The molecular formula is C14H19N3OS. The molecule has 0 aromatic heterocycles. The number of rotatable bonds is 4. The van der Waals surface area contributed by atoms with Gasteiger partial charge in [0.25, 0.3) is 0 Å². The van der Waals surface area contributed by atoms with Crippen LogP contribution in [0.1, 0.15) is 24.8 Å². The molecule has 0 aliphatic carbocycles. The fourth-order valence-electron chi connectivity index (χ4n) is 2.27. The number of anilines is 1. The summed E-state index contributed by atoms with van der Waals surface area (Å²) in [6, 6.07) is 7.85. The highest BCUT2D eigenvalue weighted by atomic mass is 32.1. The third-order valence-corrected chi connectivity index (χ3v) is 3.41. The summed E-state index contributed by atoms with van der Waals surface area (Å²) in [5, 5.41) is 3.14. The Morgan fingerprint density at radius 3 is 2.47 bits per heavy atom. The van der Waals surface area contributed by atoms with Gasteiger partial charge in [-0.1, -0.05) is 12.1 Å². The predicted molar refractivity (Wildman–Crippen MR) is 81.0 cm³/mol.